The van der Waals surface area contributed by atoms with Gasteiger partial charge in [0.1, 0.15) is 4.88 Å². The molecule has 0 radical (unpaired) electrons. The summed E-state index contributed by atoms with van der Waals surface area (Å²) in [5.41, 5.74) is 0.849. The van der Waals surface area contributed by atoms with E-state index in [2.05, 4.69) is 5.32 Å². The smallest absolute Gasteiger partial charge is 0.350 e. The number of rotatable bonds is 3. The molecule has 0 bridgehead atoms. The summed E-state index contributed by atoms with van der Waals surface area (Å²) in [6, 6.07) is 2.21. The molecule has 0 unspecified atom stereocenters. The average molecular weight is 227 g/mol. The molecule has 2 heterocycles. The molecule has 1 N–H and O–H groups in total. The van der Waals surface area contributed by atoms with Crippen molar-refractivity contribution in [2.24, 2.45) is 0 Å². The number of carbonyl (C=O) groups excluding carboxylic acids is 1. The molecular weight excluding hydrogens is 214 g/mol. The molecule has 0 saturated carbocycles. The SMILES string of the molecule is COC(=O)c1sccc1N[C@@H]1CCOC1. The highest BCUT2D eigenvalue weighted by Gasteiger charge is 2.19. The molecule has 1 aromatic heterocycles. The molecule has 82 valence electrons. The third-order valence-electron chi connectivity index (χ3n) is 2.33. The molecule has 1 fully saturated rings. The van der Waals surface area contributed by atoms with Crippen LogP contribution in [0.4, 0.5) is 5.69 Å². The van der Waals surface area contributed by atoms with Crippen LogP contribution in [0, 0.1) is 0 Å². The molecule has 1 atom stereocenters. The number of carbonyl (C=O) groups is 1. The van der Waals surface area contributed by atoms with Crippen LogP contribution in [0.2, 0.25) is 0 Å². The number of esters is 1. The maximum atomic E-state index is 11.4. The van der Waals surface area contributed by atoms with Crippen LogP contribution in [0.25, 0.3) is 0 Å². The maximum Gasteiger partial charge on any atom is 0.350 e. The highest BCUT2D eigenvalue weighted by Crippen LogP contribution is 2.25. The number of anilines is 1. The molecule has 0 aromatic carbocycles. The van der Waals surface area contributed by atoms with E-state index in [9.17, 15) is 4.79 Å². The predicted octanol–water partition coefficient (Wildman–Crippen LogP) is 1.74. The van der Waals surface area contributed by atoms with Gasteiger partial charge in [-0.1, -0.05) is 0 Å². The monoisotopic (exact) mass is 227 g/mol. The van der Waals surface area contributed by atoms with Gasteiger partial charge in [-0.15, -0.1) is 11.3 Å². The summed E-state index contributed by atoms with van der Waals surface area (Å²) >= 11 is 1.39. The Hall–Kier alpha value is -1.07. The first-order valence-corrected chi connectivity index (χ1v) is 5.69. The number of methoxy groups -OCH3 is 1. The molecule has 15 heavy (non-hydrogen) atoms. The molecule has 1 aromatic rings. The van der Waals surface area contributed by atoms with Crippen molar-refractivity contribution in [3.8, 4) is 0 Å². The molecule has 5 heteroatoms. The summed E-state index contributed by atoms with van der Waals surface area (Å²) in [6.45, 7) is 1.49. The molecule has 0 aliphatic carbocycles. The van der Waals surface area contributed by atoms with Crippen molar-refractivity contribution in [2.45, 2.75) is 12.5 Å². The van der Waals surface area contributed by atoms with Crippen LogP contribution in [0.3, 0.4) is 0 Å². The fourth-order valence-electron chi connectivity index (χ4n) is 1.54. The minimum absolute atomic E-state index is 0.286. The summed E-state index contributed by atoms with van der Waals surface area (Å²) in [4.78, 5) is 12.0. The minimum Gasteiger partial charge on any atom is -0.465 e. The van der Waals surface area contributed by atoms with E-state index in [4.69, 9.17) is 9.47 Å². The maximum absolute atomic E-state index is 11.4. The number of ether oxygens (including phenoxy) is 2. The van der Waals surface area contributed by atoms with Gasteiger partial charge in [0.25, 0.3) is 0 Å². The normalized spacial score (nSPS) is 20.2. The number of hydrogen-bond acceptors (Lipinski definition) is 5. The van der Waals surface area contributed by atoms with Gasteiger partial charge in [0, 0.05) is 6.61 Å². The number of hydrogen-bond donors (Lipinski definition) is 1. The van der Waals surface area contributed by atoms with Crippen molar-refractivity contribution >= 4 is 23.0 Å². The van der Waals surface area contributed by atoms with Gasteiger partial charge in [0.15, 0.2) is 0 Å². The van der Waals surface area contributed by atoms with E-state index in [1.807, 2.05) is 11.4 Å². The predicted molar refractivity (Wildman–Crippen MR) is 58.5 cm³/mol. The summed E-state index contributed by atoms with van der Waals surface area (Å²) < 4.78 is 9.96. The second-order valence-corrected chi connectivity index (χ2v) is 4.28. The van der Waals surface area contributed by atoms with Crippen molar-refractivity contribution in [1.82, 2.24) is 0 Å². The second-order valence-electron chi connectivity index (χ2n) is 3.36. The third kappa shape index (κ3) is 2.30. The summed E-state index contributed by atoms with van der Waals surface area (Å²) in [5, 5.41) is 5.17. The van der Waals surface area contributed by atoms with Crippen molar-refractivity contribution < 1.29 is 14.3 Å². The quantitative estimate of drug-likeness (QED) is 0.799. The number of thiophene rings is 1. The van der Waals surface area contributed by atoms with Gasteiger partial charge >= 0.3 is 5.97 Å². The lowest BCUT2D eigenvalue weighted by Crippen LogP contribution is -2.19. The van der Waals surface area contributed by atoms with E-state index >= 15 is 0 Å². The minimum atomic E-state index is -0.286. The molecule has 0 amide bonds. The summed E-state index contributed by atoms with van der Waals surface area (Å²) in [5.74, 6) is -0.286. The zero-order valence-corrected chi connectivity index (χ0v) is 9.30. The largest absolute Gasteiger partial charge is 0.465 e. The summed E-state index contributed by atoms with van der Waals surface area (Å²) in [6.07, 6.45) is 0.983. The van der Waals surface area contributed by atoms with Gasteiger partial charge in [0.05, 0.1) is 25.4 Å². The van der Waals surface area contributed by atoms with Gasteiger partial charge in [-0.3, -0.25) is 0 Å². The van der Waals surface area contributed by atoms with Crippen LogP contribution in [-0.2, 0) is 9.47 Å². The first-order chi connectivity index (χ1) is 7.31. The van der Waals surface area contributed by atoms with Crippen molar-refractivity contribution in [1.29, 1.82) is 0 Å². The van der Waals surface area contributed by atoms with E-state index in [1.54, 1.807) is 0 Å². The van der Waals surface area contributed by atoms with E-state index in [0.717, 1.165) is 18.7 Å². The first kappa shape index (κ1) is 10.4. The molecular formula is C10H13NO3S. The Morgan fingerprint density at radius 2 is 2.60 bits per heavy atom. The van der Waals surface area contributed by atoms with Crippen LogP contribution < -0.4 is 5.32 Å². The van der Waals surface area contributed by atoms with Gasteiger partial charge in [0.2, 0.25) is 0 Å². The van der Waals surface area contributed by atoms with E-state index < -0.39 is 0 Å². The lowest BCUT2D eigenvalue weighted by molar-refractivity contribution is 0.0607. The standard InChI is InChI=1S/C10H13NO3S/c1-13-10(12)9-8(3-5-15-9)11-7-2-4-14-6-7/h3,5,7,11H,2,4,6H2,1H3/t7-/m1/s1. The lowest BCUT2D eigenvalue weighted by Gasteiger charge is -2.11. The molecule has 4 nitrogen and oxygen atoms in total. The Morgan fingerprint density at radius 1 is 1.73 bits per heavy atom. The zero-order valence-electron chi connectivity index (χ0n) is 8.49. The van der Waals surface area contributed by atoms with Crippen LogP contribution >= 0.6 is 11.3 Å². The second kappa shape index (κ2) is 4.63. The highest BCUT2D eigenvalue weighted by molar-refractivity contribution is 7.12. The molecule has 2 rings (SSSR count). The van der Waals surface area contributed by atoms with Crippen LogP contribution in [-0.4, -0.2) is 32.3 Å². The zero-order chi connectivity index (χ0) is 10.7. The summed E-state index contributed by atoms with van der Waals surface area (Å²) in [7, 11) is 1.39. The number of nitrogens with one attached hydrogen (secondary N) is 1. The lowest BCUT2D eigenvalue weighted by atomic mass is 10.2. The fourth-order valence-corrected chi connectivity index (χ4v) is 2.32. The van der Waals surface area contributed by atoms with Crippen molar-refractivity contribution in [3.05, 3.63) is 16.3 Å². The Morgan fingerprint density at radius 3 is 3.27 bits per heavy atom. The van der Waals surface area contributed by atoms with Crippen molar-refractivity contribution in [3.63, 3.8) is 0 Å². The Balaban J connectivity index is 2.07. The van der Waals surface area contributed by atoms with Crippen LogP contribution in [0.1, 0.15) is 16.1 Å². The molecule has 0 spiro atoms. The van der Waals surface area contributed by atoms with Crippen molar-refractivity contribution in [2.75, 3.05) is 25.6 Å². The van der Waals surface area contributed by atoms with Gasteiger partial charge in [-0.25, -0.2) is 4.79 Å². The van der Waals surface area contributed by atoms with Crippen LogP contribution in [0.15, 0.2) is 11.4 Å². The van der Waals surface area contributed by atoms with E-state index in [1.165, 1.54) is 18.4 Å². The molecule has 1 aliphatic heterocycles. The topological polar surface area (TPSA) is 47.6 Å². The fraction of sp³-hybridized carbons (Fsp3) is 0.500. The van der Waals surface area contributed by atoms with E-state index in [0.29, 0.717) is 17.5 Å². The Labute approximate surface area is 92.2 Å². The first-order valence-electron chi connectivity index (χ1n) is 4.81. The average Bonchev–Trinajstić information content (AvgIpc) is 2.88. The highest BCUT2D eigenvalue weighted by atomic mass is 32.1. The van der Waals surface area contributed by atoms with Gasteiger partial charge < -0.3 is 14.8 Å². The van der Waals surface area contributed by atoms with Gasteiger partial charge in [-0.2, -0.15) is 0 Å². The van der Waals surface area contributed by atoms with Crippen LogP contribution in [0.5, 0.6) is 0 Å². The van der Waals surface area contributed by atoms with Gasteiger partial charge in [-0.05, 0) is 17.9 Å². The molecule has 1 saturated heterocycles. The van der Waals surface area contributed by atoms with E-state index in [-0.39, 0.29) is 5.97 Å². The Bertz CT molecular complexity index is 344. The Kier molecular flexibility index (Phi) is 3.23. The molecule has 1 aliphatic rings. The third-order valence-corrected chi connectivity index (χ3v) is 3.22.